The molecule has 3 aromatic heterocycles. The van der Waals surface area contributed by atoms with Crippen molar-refractivity contribution in [3.63, 3.8) is 0 Å². The van der Waals surface area contributed by atoms with Gasteiger partial charge in [-0.25, -0.2) is 14.6 Å². The van der Waals surface area contributed by atoms with Crippen LogP contribution in [0.5, 0.6) is 0 Å². The fourth-order valence-electron chi connectivity index (χ4n) is 2.71. The molecule has 0 atom stereocenters. The molecule has 0 saturated carbocycles. The SMILES string of the molecule is CCC(=O)Nc1cccc(CSc2nc3ccccc3n2-c2nnnn2C)n1. The molecule has 142 valence electrons. The molecular formula is C18H18N8OS. The number of para-hydroxylation sites is 2. The number of fused-ring (bicyclic) bond motifs is 1. The molecule has 4 aromatic rings. The first kappa shape index (κ1) is 18.1. The zero-order valence-electron chi connectivity index (χ0n) is 15.4. The smallest absolute Gasteiger partial charge is 0.256 e. The minimum absolute atomic E-state index is 0.0612. The van der Waals surface area contributed by atoms with Crippen molar-refractivity contribution in [3.8, 4) is 5.95 Å². The first-order chi connectivity index (χ1) is 13.7. The van der Waals surface area contributed by atoms with Crippen LogP contribution in [0.1, 0.15) is 19.0 Å². The zero-order chi connectivity index (χ0) is 19.5. The van der Waals surface area contributed by atoms with Crippen LogP contribution in [0.3, 0.4) is 0 Å². The fraction of sp³-hybridized carbons (Fsp3) is 0.222. The summed E-state index contributed by atoms with van der Waals surface area (Å²) < 4.78 is 3.54. The molecule has 3 heterocycles. The monoisotopic (exact) mass is 394 g/mol. The summed E-state index contributed by atoms with van der Waals surface area (Å²) in [6.07, 6.45) is 0.413. The highest BCUT2D eigenvalue weighted by Crippen LogP contribution is 2.28. The summed E-state index contributed by atoms with van der Waals surface area (Å²) in [4.78, 5) is 20.8. The number of anilines is 1. The summed E-state index contributed by atoms with van der Waals surface area (Å²) in [7, 11) is 1.79. The van der Waals surface area contributed by atoms with Gasteiger partial charge >= 0.3 is 0 Å². The van der Waals surface area contributed by atoms with Crippen LogP contribution in [0.25, 0.3) is 17.0 Å². The standard InChI is InChI=1S/C18H18N8OS/c1-3-16(27)21-15-10-6-7-12(19-15)11-28-18-20-13-8-4-5-9-14(13)26(18)17-22-23-24-25(17)2/h4-10H,3,11H2,1-2H3,(H,19,21,27). The molecule has 4 rings (SSSR count). The molecule has 0 aliphatic carbocycles. The minimum Gasteiger partial charge on any atom is -0.311 e. The number of aromatic nitrogens is 7. The van der Waals surface area contributed by atoms with Gasteiger partial charge in [0.15, 0.2) is 5.16 Å². The Hall–Kier alpha value is -3.27. The number of carbonyl (C=O) groups excluding carboxylic acids is 1. The van der Waals surface area contributed by atoms with E-state index in [-0.39, 0.29) is 5.91 Å². The summed E-state index contributed by atoms with van der Waals surface area (Å²) in [6.45, 7) is 1.81. The maximum absolute atomic E-state index is 11.6. The Balaban J connectivity index is 1.63. The molecule has 1 N–H and O–H groups in total. The van der Waals surface area contributed by atoms with Crippen molar-refractivity contribution >= 4 is 34.5 Å². The first-order valence-corrected chi connectivity index (χ1v) is 9.73. The van der Waals surface area contributed by atoms with Crippen LogP contribution in [0.15, 0.2) is 47.6 Å². The van der Waals surface area contributed by atoms with E-state index < -0.39 is 0 Å². The van der Waals surface area contributed by atoms with Crippen LogP contribution in [0.2, 0.25) is 0 Å². The van der Waals surface area contributed by atoms with Crippen molar-refractivity contribution in [2.24, 2.45) is 7.05 Å². The highest BCUT2D eigenvalue weighted by atomic mass is 32.2. The van der Waals surface area contributed by atoms with Crippen LogP contribution >= 0.6 is 11.8 Å². The van der Waals surface area contributed by atoms with Crippen molar-refractivity contribution in [3.05, 3.63) is 48.2 Å². The lowest BCUT2D eigenvalue weighted by Gasteiger charge is -2.07. The number of aryl methyl sites for hydroxylation is 1. The van der Waals surface area contributed by atoms with Crippen LogP contribution < -0.4 is 5.32 Å². The Morgan fingerprint density at radius 2 is 2.00 bits per heavy atom. The third-order valence-corrected chi connectivity index (χ3v) is 5.04. The van der Waals surface area contributed by atoms with E-state index in [4.69, 9.17) is 4.98 Å². The molecule has 0 radical (unpaired) electrons. The quantitative estimate of drug-likeness (QED) is 0.501. The van der Waals surface area contributed by atoms with E-state index in [9.17, 15) is 4.79 Å². The van der Waals surface area contributed by atoms with E-state index in [1.165, 1.54) is 11.8 Å². The lowest BCUT2D eigenvalue weighted by atomic mass is 10.3. The molecule has 0 unspecified atom stereocenters. The van der Waals surface area contributed by atoms with Crippen molar-refractivity contribution in [2.75, 3.05) is 5.32 Å². The number of nitrogens with one attached hydrogen (secondary N) is 1. The maximum atomic E-state index is 11.6. The number of hydrogen-bond acceptors (Lipinski definition) is 7. The molecule has 10 heteroatoms. The average Bonchev–Trinajstić information content (AvgIpc) is 3.29. The molecule has 0 aliphatic rings. The third-order valence-electron chi connectivity index (χ3n) is 4.07. The number of rotatable bonds is 6. The van der Waals surface area contributed by atoms with Crippen molar-refractivity contribution in [1.29, 1.82) is 0 Å². The number of imidazole rings is 1. The summed E-state index contributed by atoms with van der Waals surface area (Å²) in [5.41, 5.74) is 2.64. The lowest BCUT2D eigenvalue weighted by Crippen LogP contribution is -2.11. The Morgan fingerprint density at radius 1 is 1.14 bits per heavy atom. The Labute approximate surface area is 165 Å². The normalized spacial score (nSPS) is 11.1. The summed E-state index contributed by atoms with van der Waals surface area (Å²) in [5, 5.41) is 15.4. The van der Waals surface area contributed by atoms with Crippen LogP contribution in [-0.4, -0.2) is 40.6 Å². The predicted molar refractivity (Wildman–Crippen MR) is 106 cm³/mol. The van der Waals surface area contributed by atoms with Crippen LogP contribution in [0, 0.1) is 0 Å². The highest BCUT2D eigenvalue weighted by molar-refractivity contribution is 7.98. The first-order valence-electron chi connectivity index (χ1n) is 8.74. The molecule has 1 amide bonds. The number of thioether (sulfide) groups is 1. The maximum Gasteiger partial charge on any atom is 0.256 e. The van der Waals surface area contributed by atoms with Crippen molar-refractivity contribution in [2.45, 2.75) is 24.3 Å². The Kier molecular flexibility index (Phi) is 5.02. The van der Waals surface area contributed by atoms with Gasteiger partial charge in [0.1, 0.15) is 5.82 Å². The molecule has 0 fully saturated rings. The van der Waals surface area contributed by atoms with E-state index in [2.05, 4.69) is 25.8 Å². The van der Waals surface area contributed by atoms with Gasteiger partial charge in [-0.05, 0) is 34.7 Å². The van der Waals surface area contributed by atoms with Crippen LogP contribution in [-0.2, 0) is 17.6 Å². The molecular weight excluding hydrogens is 376 g/mol. The van der Waals surface area contributed by atoms with Crippen LogP contribution in [0.4, 0.5) is 5.82 Å². The number of carbonyl (C=O) groups is 1. The summed E-state index contributed by atoms with van der Waals surface area (Å²) in [6, 6.07) is 13.4. The Morgan fingerprint density at radius 3 is 2.79 bits per heavy atom. The number of hydrogen-bond donors (Lipinski definition) is 1. The number of amides is 1. The number of pyridine rings is 1. The second-order valence-corrected chi connectivity index (χ2v) is 6.97. The number of tetrazole rings is 1. The second kappa shape index (κ2) is 7.77. The van der Waals surface area contributed by atoms with Gasteiger partial charge in [-0.15, -0.1) is 0 Å². The minimum atomic E-state index is -0.0612. The third kappa shape index (κ3) is 3.58. The molecule has 0 saturated heterocycles. The zero-order valence-corrected chi connectivity index (χ0v) is 16.2. The summed E-state index contributed by atoms with van der Waals surface area (Å²) in [5.74, 6) is 1.67. The van der Waals surface area contributed by atoms with Gasteiger partial charge in [0.05, 0.1) is 16.7 Å². The van der Waals surface area contributed by atoms with Gasteiger partial charge in [0.2, 0.25) is 5.91 Å². The number of nitrogens with zero attached hydrogens (tertiary/aromatic N) is 7. The van der Waals surface area contributed by atoms with E-state index in [0.29, 0.717) is 23.9 Å². The molecule has 9 nitrogen and oxygen atoms in total. The largest absolute Gasteiger partial charge is 0.311 e. The van der Waals surface area contributed by atoms with Gasteiger partial charge in [-0.3, -0.25) is 9.36 Å². The van der Waals surface area contributed by atoms with Gasteiger partial charge in [0, 0.05) is 19.2 Å². The topological polar surface area (TPSA) is 103 Å². The molecule has 28 heavy (non-hydrogen) atoms. The van der Waals surface area contributed by atoms with Gasteiger partial charge in [-0.2, -0.15) is 0 Å². The van der Waals surface area contributed by atoms with Crippen molar-refractivity contribution < 1.29 is 4.79 Å². The van der Waals surface area contributed by atoms with Crippen molar-refractivity contribution in [1.82, 2.24) is 34.7 Å². The molecule has 1 aromatic carbocycles. The molecule has 0 bridgehead atoms. The van der Waals surface area contributed by atoms with E-state index in [1.54, 1.807) is 24.7 Å². The van der Waals surface area contributed by atoms with Gasteiger partial charge in [0.25, 0.3) is 5.95 Å². The van der Waals surface area contributed by atoms with Gasteiger partial charge < -0.3 is 5.32 Å². The molecule has 0 spiro atoms. The van der Waals surface area contributed by atoms with E-state index in [1.807, 2.05) is 41.0 Å². The Bertz CT molecular complexity index is 1140. The van der Waals surface area contributed by atoms with E-state index in [0.717, 1.165) is 21.9 Å². The predicted octanol–water partition coefficient (Wildman–Crippen LogP) is 2.58. The number of benzene rings is 1. The fourth-order valence-corrected chi connectivity index (χ4v) is 3.62. The average molecular weight is 394 g/mol. The highest BCUT2D eigenvalue weighted by Gasteiger charge is 2.17. The van der Waals surface area contributed by atoms with Gasteiger partial charge in [-0.1, -0.05) is 42.0 Å². The lowest BCUT2D eigenvalue weighted by molar-refractivity contribution is -0.115. The van der Waals surface area contributed by atoms with E-state index >= 15 is 0 Å². The summed E-state index contributed by atoms with van der Waals surface area (Å²) >= 11 is 1.53. The second-order valence-electron chi connectivity index (χ2n) is 6.03. The molecule has 0 aliphatic heterocycles.